The fraction of sp³-hybridized carbons (Fsp3) is 0.261. The standard InChI is InChI=1S/C23H20ClN3O4S2/c1-31-13-5-2-11(3-6-13)18-19-14-7-4-12(21(25)29)8-16(14)33-22(19)26-15(20(18)24)9-27-17(28)10-32-23(27)30/h2-3,5-6,10,12,28H,4,7-9H2,1H3,(H2,25,29)/t12-/m1/s1. The fourth-order valence-electron chi connectivity index (χ4n) is 4.33. The molecule has 0 spiro atoms. The minimum atomic E-state index is -0.286. The molecule has 3 N–H and O–H groups in total. The predicted octanol–water partition coefficient (Wildman–Crippen LogP) is 4.19. The van der Waals surface area contributed by atoms with Gasteiger partial charge in [0.25, 0.3) is 0 Å². The molecule has 1 aromatic carbocycles. The van der Waals surface area contributed by atoms with Crippen LogP contribution < -0.4 is 15.3 Å². The number of aromatic hydroxyl groups is 1. The highest BCUT2D eigenvalue weighted by Crippen LogP contribution is 2.45. The van der Waals surface area contributed by atoms with Crippen LogP contribution in [0, 0.1) is 5.92 Å². The molecule has 5 rings (SSSR count). The Hall–Kier alpha value is -2.88. The van der Waals surface area contributed by atoms with E-state index in [2.05, 4.69) is 0 Å². The molecule has 1 atom stereocenters. The first-order valence-electron chi connectivity index (χ1n) is 10.3. The average molecular weight is 502 g/mol. The molecule has 10 heteroatoms. The van der Waals surface area contributed by atoms with Crippen molar-refractivity contribution in [1.82, 2.24) is 9.55 Å². The summed E-state index contributed by atoms with van der Waals surface area (Å²) in [6.45, 7) is 0.0541. The third-order valence-corrected chi connectivity index (χ3v) is 8.36. The Morgan fingerprint density at radius 1 is 1.36 bits per heavy atom. The number of methoxy groups -OCH3 is 1. The highest BCUT2D eigenvalue weighted by molar-refractivity contribution is 7.19. The molecule has 7 nitrogen and oxygen atoms in total. The number of hydrogen-bond donors (Lipinski definition) is 2. The molecule has 0 saturated heterocycles. The van der Waals surface area contributed by atoms with Crippen LogP contribution in [0.15, 0.2) is 34.4 Å². The zero-order chi connectivity index (χ0) is 23.3. The maximum absolute atomic E-state index is 12.2. The topological polar surface area (TPSA) is 107 Å². The van der Waals surface area contributed by atoms with Gasteiger partial charge in [0.2, 0.25) is 11.8 Å². The Bertz CT molecular complexity index is 1440. The summed E-state index contributed by atoms with van der Waals surface area (Å²) < 4.78 is 6.55. The highest BCUT2D eigenvalue weighted by atomic mass is 35.5. The Labute approximate surface area is 202 Å². The van der Waals surface area contributed by atoms with Crippen molar-refractivity contribution in [2.45, 2.75) is 25.8 Å². The third-order valence-electron chi connectivity index (χ3n) is 6.06. The normalized spacial score (nSPS) is 15.5. The Morgan fingerprint density at radius 3 is 2.76 bits per heavy atom. The molecule has 1 aliphatic rings. The quantitative estimate of drug-likeness (QED) is 0.426. The second-order valence-electron chi connectivity index (χ2n) is 7.95. The van der Waals surface area contributed by atoms with Crippen LogP contribution in [0.1, 0.15) is 22.6 Å². The lowest BCUT2D eigenvalue weighted by molar-refractivity contribution is -0.122. The van der Waals surface area contributed by atoms with Gasteiger partial charge >= 0.3 is 4.87 Å². The molecule has 170 valence electrons. The van der Waals surface area contributed by atoms with Crippen LogP contribution in [0.2, 0.25) is 5.02 Å². The number of nitrogens with zero attached hydrogens (tertiary/aromatic N) is 2. The van der Waals surface area contributed by atoms with Crippen molar-refractivity contribution in [3.63, 3.8) is 0 Å². The molecule has 3 heterocycles. The lowest BCUT2D eigenvalue weighted by atomic mass is 9.86. The van der Waals surface area contributed by atoms with Crippen LogP contribution >= 0.6 is 34.3 Å². The molecular weight excluding hydrogens is 482 g/mol. The molecule has 33 heavy (non-hydrogen) atoms. The van der Waals surface area contributed by atoms with E-state index in [4.69, 9.17) is 27.1 Å². The fourth-order valence-corrected chi connectivity index (χ4v) is 6.58. The van der Waals surface area contributed by atoms with Crippen LogP contribution in [0.25, 0.3) is 21.3 Å². The molecular formula is C23H20ClN3O4S2. The van der Waals surface area contributed by atoms with Gasteiger partial charge in [0.05, 0.1) is 29.8 Å². The van der Waals surface area contributed by atoms with Gasteiger partial charge in [-0.25, -0.2) is 4.98 Å². The van der Waals surface area contributed by atoms with Crippen LogP contribution in [-0.4, -0.2) is 27.7 Å². The van der Waals surface area contributed by atoms with E-state index in [1.54, 1.807) is 7.11 Å². The lowest BCUT2D eigenvalue weighted by Gasteiger charge is -2.20. The van der Waals surface area contributed by atoms with Crippen molar-refractivity contribution in [2.24, 2.45) is 11.7 Å². The number of carbonyl (C=O) groups is 1. The maximum Gasteiger partial charge on any atom is 0.310 e. The molecule has 1 amide bonds. The molecule has 0 aliphatic heterocycles. The minimum Gasteiger partial charge on any atom is -0.497 e. The number of rotatable bonds is 5. The number of nitrogens with two attached hydrogens (primary N) is 1. The summed E-state index contributed by atoms with van der Waals surface area (Å²) in [7, 11) is 1.61. The summed E-state index contributed by atoms with van der Waals surface area (Å²) in [5, 5.41) is 12.9. The number of aryl methyl sites for hydroxylation is 1. The van der Waals surface area contributed by atoms with Gasteiger partial charge in [0, 0.05) is 21.7 Å². The van der Waals surface area contributed by atoms with Crippen molar-refractivity contribution in [3.05, 3.63) is 60.5 Å². The molecule has 0 fully saturated rings. The van der Waals surface area contributed by atoms with Crippen molar-refractivity contribution < 1.29 is 14.6 Å². The van der Waals surface area contributed by atoms with Gasteiger partial charge in [-0.3, -0.25) is 14.2 Å². The number of aromatic nitrogens is 2. The van der Waals surface area contributed by atoms with E-state index in [0.717, 1.165) is 48.9 Å². The molecule has 0 radical (unpaired) electrons. The number of ether oxygens (including phenoxy) is 1. The van der Waals surface area contributed by atoms with E-state index in [-0.39, 0.29) is 29.1 Å². The first-order chi connectivity index (χ1) is 15.9. The van der Waals surface area contributed by atoms with Gasteiger partial charge in [0.15, 0.2) is 0 Å². The zero-order valence-corrected chi connectivity index (χ0v) is 20.0. The first-order valence-corrected chi connectivity index (χ1v) is 12.4. The Balaban J connectivity index is 1.74. The zero-order valence-electron chi connectivity index (χ0n) is 17.6. The lowest BCUT2D eigenvalue weighted by Crippen LogP contribution is -2.27. The molecule has 4 aromatic rings. The van der Waals surface area contributed by atoms with Gasteiger partial charge in [0.1, 0.15) is 10.6 Å². The first kappa shape index (κ1) is 21.9. The molecule has 0 bridgehead atoms. The SMILES string of the molecule is COc1ccc(-c2c(Cl)c(Cn3c(O)csc3=O)nc3sc4c(c23)CC[C@@H](C(N)=O)C4)cc1. The summed E-state index contributed by atoms with van der Waals surface area (Å²) in [6.07, 6.45) is 1.99. The average Bonchev–Trinajstić information content (AvgIpc) is 3.33. The van der Waals surface area contributed by atoms with Crippen LogP contribution in [-0.2, 0) is 24.2 Å². The number of pyridine rings is 1. The number of carbonyl (C=O) groups excluding carboxylic acids is 1. The Kier molecular flexibility index (Phi) is 5.64. The van der Waals surface area contributed by atoms with Crippen LogP contribution in [0.3, 0.4) is 0 Å². The molecule has 1 aliphatic carbocycles. The summed E-state index contributed by atoms with van der Waals surface area (Å²) in [6, 6.07) is 7.62. The summed E-state index contributed by atoms with van der Waals surface area (Å²) in [4.78, 5) is 30.4. The smallest absolute Gasteiger partial charge is 0.310 e. The number of primary amides is 1. The van der Waals surface area contributed by atoms with E-state index in [0.29, 0.717) is 30.0 Å². The molecule has 0 unspecified atom stereocenters. The van der Waals surface area contributed by atoms with Crippen molar-refractivity contribution in [3.8, 4) is 22.8 Å². The second kappa shape index (κ2) is 8.48. The van der Waals surface area contributed by atoms with Gasteiger partial charge in [-0.05, 0) is 42.5 Å². The summed E-state index contributed by atoms with van der Waals surface area (Å²) >= 11 is 9.39. The van der Waals surface area contributed by atoms with Gasteiger partial charge in [-0.1, -0.05) is 35.1 Å². The van der Waals surface area contributed by atoms with Crippen LogP contribution in [0.4, 0.5) is 0 Å². The van der Waals surface area contributed by atoms with E-state index in [9.17, 15) is 14.7 Å². The minimum absolute atomic E-state index is 0.0541. The van der Waals surface area contributed by atoms with E-state index in [1.165, 1.54) is 21.3 Å². The van der Waals surface area contributed by atoms with E-state index in [1.807, 2.05) is 24.3 Å². The second-order valence-corrected chi connectivity index (χ2v) is 10.2. The molecule has 0 saturated carbocycles. The van der Waals surface area contributed by atoms with E-state index >= 15 is 0 Å². The van der Waals surface area contributed by atoms with Gasteiger partial charge in [-0.15, -0.1) is 11.3 Å². The number of thiazole rings is 1. The highest BCUT2D eigenvalue weighted by Gasteiger charge is 2.29. The summed E-state index contributed by atoms with van der Waals surface area (Å²) in [5.41, 5.74) is 8.95. The van der Waals surface area contributed by atoms with E-state index < -0.39 is 0 Å². The van der Waals surface area contributed by atoms with Crippen molar-refractivity contribution >= 4 is 50.4 Å². The number of hydrogen-bond acceptors (Lipinski definition) is 7. The molecule has 3 aromatic heterocycles. The van der Waals surface area contributed by atoms with Crippen molar-refractivity contribution in [1.29, 1.82) is 0 Å². The number of halogens is 1. The van der Waals surface area contributed by atoms with Crippen molar-refractivity contribution in [2.75, 3.05) is 7.11 Å². The van der Waals surface area contributed by atoms with Crippen LogP contribution in [0.5, 0.6) is 11.6 Å². The predicted molar refractivity (Wildman–Crippen MR) is 131 cm³/mol. The number of fused-ring (bicyclic) bond motifs is 3. The maximum atomic E-state index is 12.2. The summed E-state index contributed by atoms with van der Waals surface area (Å²) in [5.74, 6) is 0.134. The largest absolute Gasteiger partial charge is 0.497 e. The van der Waals surface area contributed by atoms with Gasteiger partial charge in [-0.2, -0.15) is 0 Å². The Morgan fingerprint density at radius 2 is 2.12 bits per heavy atom. The number of benzene rings is 1. The number of amides is 1. The number of thiophene rings is 1. The monoisotopic (exact) mass is 501 g/mol. The van der Waals surface area contributed by atoms with Gasteiger partial charge < -0.3 is 15.6 Å². The third kappa shape index (κ3) is 3.80.